The summed E-state index contributed by atoms with van der Waals surface area (Å²) >= 11 is 0. The van der Waals surface area contributed by atoms with E-state index in [1.54, 1.807) is 10.9 Å². The fourth-order valence-corrected chi connectivity index (χ4v) is 7.69. The summed E-state index contributed by atoms with van der Waals surface area (Å²) in [6.45, 7) is 7.13. The number of ether oxygens (including phenoxy) is 2. The van der Waals surface area contributed by atoms with Crippen molar-refractivity contribution in [1.82, 2.24) is 19.7 Å². The van der Waals surface area contributed by atoms with E-state index in [9.17, 15) is 12.8 Å². The zero-order valence-corrected chi connectivity index (χ0v) is 26.2. The summed E-state index contributed by atoms with van der Waals surface area (Å²) in [6.07, 6.45) is 5.55. The molecular weight excluding hydrogens is 621 g/mol. The van der Waals surface area contributed by atoms with Gasteiger partial charge in [-0.25, -0.2) is 26.6 Å². The molecule has 0 unspecified atom stereocenters. The molecule has 246 valence electrons. The van der Waals surface area contributed by atoms with Crippen molar-refractivity contribution in [2.75, 3.05) is 43.8 Å². The zero-order chi connectivity index (χ0) is 35.2. The number of hydrogen-bond donors (Lipinski definition) is 2. The molecule has 3 heterocycles. The Morgan fingerprint density at radius 3 is 2.50 bits per heavy atom. The topological polar surface area (TPSA) is 125 Å². The molecular formula is C32H37F3N6O4S. The smallest absolute Gasteiger partial charge is 0.265 e. The Hall–Kier alpha value is -3.88. The molecule has 4 aromatic rings. The van der Waals surface area contributed by atoms with E-state index in [2.05, 4.69) is 19.7 Å². The molecule has 2 fully saturated rings. The maximum atomic E-state index is 15.9. The van der Waals surface area contributed by atoms with Gasteiger partial charge in [0.25, 0.3) is 10.0 Å². The van der Waals surface area contributed by atoms with Crippen molar-refractivity contribution in [2.45, 2.75) is 62.4 Å². The molecule has 0 spiro atoms. The van der Waals surface area contributed by atoms with Crippen molar-refractivity contribution < 1.29 is 35.2 Å². The van der Waals surface area contributed by atoms with Gasteiger partial charge in [-0.1, -0.05) is 0 Å². The van der Waals surface area contributed by atoms with Crippen molar-refractivity contribution in [3.05, 3.63) is 59.5 Å². The third kappa shape index (κ3) is 6.00. The number of nitrogens with two attached hydrogens (primary N) is 1. The van der Waals surface area contributed by atoms with Crippen LogP contribution in [0.4, 0.5) is 24.7 Å². The van der Waals surface area contributed by atoms with E-state index in [4.69, 9.17) is 14.6 Å². The molecule has 10 nitrogen and oxygen atoms in total. The van der Waals surface area contributed by atoms with Crippen LogP contribution in [-0.4, -0.2) is 67.5 Å². The molecule has 1 saturated heterocycles. The van der Waals surface area contributed by atoms with E-state index >= 15 is 8.78 Å². The van der Waals surface area contributed by atoms with Crippen LogP contribution in [0.2, 0.25) is 0 Å². The third-order valence-corrected chi connectivity index (χ3v) is 10.2. The van der Waals surface area contributed by atoms with Crippen molar-refractivity contribution in [3.63, 3.8) is 0 Å². The quantitative estimate of drug-likeness (QED) is 0.241. The van der Waals surface area contributed by atoms with Crippen LogP contribution in [-0.2, 0) is 14.8 Å². The first kappa shape index (κ1) is 28.4. The second kappa shape index (κ2) is 12.7. The number of fused-ring (bicyclic) bond motifs is 1. The van der Waals surface area contributed by atoms with Crippen LogP contribution in [0.1, 0.15) is 61.2 Å². The lowest BCUT2D eigenvalue weighted by Crippen LogP contribution is -2.44. The Labute approximate surface area is 270 Å². The summed E-state index contributed by atoms with van der Waals surface area (Å²) in [5.41, 5.74) is 6.96. The van der Waals surface area contributed by atoms with Crippen LogP contribution in [0.5, 0.6) is 5.75 Å². The lowest BCUT2D eigenvalue weighted by atomic mass is 9.81. The SMILES string of the molecule is [2H]C([2H])([2H])Oc1ccc(F)c(S(=O)(=O)Nc2cc(F)c(-c3nn(C(C)C)c4c(C5CCC(N6CCOCC6)CC5)cnc(N)c34)cc2F)c1. The van der Waals surface area contributed by atoms with Gasteiger partial charge in [0.15, 0.2) is 0 Å². The van der Waals surface area contributed by atoms with Crippen LogP contribution in [0.25, 0.3) is 22.2 Å². The summed E-state index contributed by atoms with van der Waals surface area (Å²) in [5.74, 6) is -3.69. The normalized spacial score (nSPS) is 20.8. The largest absolute Gasteiger partial charge is 0.497 e. The van der Waals surface area contributed by atoms with Crippen LogP contribution >= 0.6 is 0 Å². The number of methoxy groups -OCH3 is 1. The summed E-state index contributed by atoms with van der Waals surface area (Å²) < 4.78 is 108. The predicted octanol–water partition coefficient (Wildman–Crippen LogP) is 5.85. The van der Waals surface area contributed by atoms with Crippen molar-refractivity contribution in [3.8, 4) is 17.0 Å². The molecule has 14 heteroatoms. The third-order valence-electron chi connectivity index (χ3n) is 8.84. The van der Waals surface area contributed by atoms with Crippen LogP contribution < -0.4 is 15.2 Å². The van der Waals surface area contributed by atoms with Gasteiger partial charge < -0.3 is 15.2 Å². The highest BCUT2D eigenvalue weighted by molar-refractivity contribution is 7.92. The maximum Gasteiger partial charge on any atom is 0.265 e. The first-order valence-electron chi connectivity index (χ1n) is 16.6. The van der Waals surface area contributed by atoms with E-state index in [1.807, 2.05) is 18.6 Å². The summed E-state index contributed by atoms with van der Waals surface area (Å²) in [5, 5.41) is 5.05. The average molecular weight is 662 g/mol. The standard InChI is InChI=1S/C32H37F3N6O4S/c1-18(2)41-31-23(19-4-6-20(7-5-19)40-10-12-45-13-11-40)17-37-32(36)29(31)30(38-41)22-15-26(35)27(16-25(22)34)39-46(42,43)28-14-21(44-3)8-9-24(28)33/h8-9,14-20,39H,4-7,10-13H2,1-3H3,(H2,36,37)/i3D3. The number of pyridine rings is 1. The van der Waals surface area contributed by atoms with E-state index in [0.29, 0.717) is 35.1 Å². The number of aromatic nitrogens is 3. The molecule has 1 aliphatic carbocycles. The average Bonchev–Trinajstić information content (AvgIpc) is 3.45. The minimum Gasteiger partial charge on any atom is -0.497 e. The molecule has 0 atom stereocenters. The van der Waals surface area contributed by atoms with Gasteiger partial charge in [-0.3, -0.25) is 14.3 Å². The molecule has 1 aliphatic heterocycles. The van der Waals surface area contributed by atoms with Gasteiger partial charge in [0.05, 0.1) is 41.0 Å². The second-order valence-corrected chi connectivity index (χ2v) is 13.6. The van der Waals surface area contributed by atoms with Crippen molar-refractivity contribution in [2.24, 2.45) is 0 Å². The zero-order valence-electron chi connectivity index (χ0n) is 28.4. The number of rotatable bonds is 8. The number of sulfonamides is 1. The van der Waals surface area contributed by atoms with E-state index in [-0.39, 0.29) is 29.0 Å². The number of halogens is 3. The van der Waals surface area contributed by atoms with E-state index < -0.39 is 50.8 Å². The van der Waals surface area contributed by atoms with Crippen LogP contribution in [0, 0.1) is 17.5 Å². The Morgan fingerprint density at radius 1 is 1.07 bits per heavy atom. The predicted molar refractivity (Wildman–Crippen MR) is 169 cm³/mol. The second-order valence-electron chi connectivity index (χ2n) is 12.0. The first-order chi connectivity index (χ1) is 23.1. The Balaban J connectivity index is 1.33. The Morgan fingerprint density at radius 2 is 1.80 bits per heavy atom. The minimum absolute atomic E-state index is 0.0453. The number of anilines is 2. The molecule has 6 rings (SSSR count). The maximum absolute atomic E-state index is 15.9. The van der Waals surface area contributed by atoms with E-state index in [0.717, 1.165) is 69.7 Å². The Bertz CT molecular complexity index is 1980. The Kier molecular flexibility index (Phi) is 7.84. The van der Waals surface area contributed by atoms with Gasteiger partial charge in [-0.05, 0) is 69.2 Å². The molecule has 2 aromatic heterocycles. The number of nitrogens with zero attached hydrogens (tertiary/aromatic N) is 4. The summed E-state index contributed by atoms with van der Waals surface area (Å²) in [4.78, 5) is 5.91. The number of morpholine rings is 1. The van der Waals surface area contributed by atoms with Gasteiger partial charge in [0, 0.05) is 49.1 Å². The minimum atomic E-state index is -4.87. The van der Waals surface area contributed by atoms with Gasteiger partial charge in [0.1, 0.15) is 39.6 Å². The van der Waals surface area contributed by atoms with Crippen LogP contribution in [0.15, 0.2) is 41.4 Å². The lowest BCUT2D eigenvalue weighted by Gasteiger charge is -2.39. The highest BCUT2D eigenvalue weighted by Crippen LogP contribution is 2.43. The summed E-state index contributed by atoms with van der Waals surface area (Å²) in [7, 11) is -7.81. The molecule has 2 aromatic carbocycles. The van der Waals surface area contributed by atoms with Gasteiger partial charge in [0.2, 0.25) is 0 Å². The van der Waals surface area contributed by atoms with Gasteiger partial charge >= 0.3 is 0 Å². The molecule has 0 radical (unpaired) electrons. The molecule has 2 aliphatic rings. The number of nitrogen functional groups attached to an aromatic ring is 1. The van der Waals surface area contributed by atoms with Crippen molar-refractivity contribution in [1.29, 1.82) is 0 Å². The van der Waals surface area contributed by atoms with Gasteiger partial charge in [-0.2, -0.15) is 5.10 Å². The van der Waals surface area contributed by atoms with Crippen molar-refractivity contribution >= 4 is 32.4 Å². The first-order valence-corrected chi connectivity index (χ1v) is 16.6. The molecule has 0 amide bonds. The molecule has 3 N–H and O–H groups in total. The number of benzene rings is 2. The molecule has 46 heavy (non-hydrogen) atoms. The fraction of sp³-hybridized carbons (Fsp3) is 0.438. The van der Waals surface area contributed by atoms with Crippen LogP contribution in [0.3, 0.4) is 0 Å². The fourth-order valence-electron chi connectivity index (χ4n) is 6.53. The lowest BCUT2D eigenvalue weighted by molar-refractivity contribution is 0.00731. The number of hydrogen-bond acceptors (Lipinski definition) is 8. The highest BCUT2D eigenvalue weighted by atomic mass is 32.2. The van der Waals surface area contributed by atoms with Gasteiger partial charge in [-0.15, -0.1) is 0 Å². The highest BCUT2D eigenvalue weighted by Gasteiger charge is 2.32. The monoisotopic (exact) mass is 661 g/mol. The molecule has 1 saturated carbocycles. The van der Waals surface area contributed by atoms with E-state index in [1.165, 1.54) is 0 Å². The molecule has 0 bridgehead atoms. The number of nitrogens with one attached hydrogen (secondary N) is 1. The summed E-state index contributed by atoms with van der Waals surface area (Å²) in [6, 6.07) is 3.97.